The molecule has 4 nitrogen and oxygen atoms in total. The third-order valence-electron chi connectivity index (χ3n) is 5.74. The van der Waals surface area contributed by atoms with E-state index < -0.39 is 0 Å². The van der Waals surface area contributed by atoms with Crippen LogP contribution < -0.4 is 0 Å². The van der Waals surface area contributed by atoms with E-state index >= 15 is 0 Å². The molecule has 3 heterocycles. The van der Waals surface area contributed by atoms with Crippen molar-refractivity contribution in [2.45, 2.75) is 32.2 Å². The van der Waals surface area contributed by atoms with Gasteiger partial charge in [0, 0.05) is 35.5 Å². The first-order valence-corrected chi connectivity index (χ1v) is 10.0. The van der Waals surface area contributed by atoms with Crippen LogP contribution in [0, 0.1) is 0 Å². The van der Waals surface area contributed by atoms with Gasteiger partial charge in [-0.2, -0.15) is 0 Å². The van der Waals surface area contributed by atoms with Gasteiger partial charge in [-0.3, -0.25) is 0 Å². The predicted molar refractivity (Wildman–Crippen MR) is 111 cm³/mol. The molecule has 0 unspecified atom stereocenters. The smallest absolute Gasteiger partial charge is 0.226 e. The first-order valence-electron chi connectivity index (χ1n) is 10.0. The van der Waals surface area contributed by atoms with Gasteiger partial charge in [-0.05, 0) is 50.6 Å². The van der Waals surface area contributed by atoms with Gasteiger partial charge >= 0.3 is 0 Å². The van der Waals surface area contributed by atoms with Crippen LogP contribution in [0.15, 0.2) is 69.6 Å². The van der Waals surface area contributed by atoms with Crippen molar-refractivity contribution in [3.8, 4) is 22.8 Å². The Morgan fingerprint density at radius 2 is 1.96 bits per heavy atom. The Hall–Kier alpha value is -2.85. The second kappa shape index (κ2) is 7.28. The monoisotopic (exact) mass is 372 g/mol. The highest BCUT2D eigenvalue weighted by Crippen LogP contribution is 2.33. The number of hydrogen-bond donors (Lipinski definition) is 0. The number of aromatic nitrogens is 1. The van der Waals surface area contributed by atoms with Crippen LogP contribution in [0.1, 0.15) is 25.5 Å². The molecule has 2 aromatic heterocycles. The topological polar surface area (TPSA) is 42.4 Å². The Morgan fingerprint density at radius 1 is 1.07 bits per heavy atom. The molecule has 1 aliphatic heterocycles. The summed E-state index contributed by atoms with van der Waals surface area (Å²) in [6.07, 6.45) is 5.35. The lowest BCUT2D eigenvalue weighted by molar-refractivity contribution is 0.266. The highest BCUT2D eigenvalue weighted by molar-refractivity contribution is 5.93. The first-order chi connectivity index (χ1) is 13.8. The summed E-state index contributed by atoms with van der Waals surface area (Å²) in [5.41, 5.74) is 2.91. The number of fused-ring (bicyclic) bond motifs is 1. The largest absolute Gasteiger partial charge is 0.461 e. The van der Waals surface area contributed by atoms with E-state index in [4.69, 9.17) is 8.83 Å². The van der Waals surface area contributed by atoms with Crippen molar-refractivity contribution < 1.29 is 8.83 Å². The van der Waals surface area contributed by atoms with Crippen molar-refractivity contribution in [1.82, 2.24) is 9.88 Å². The van der Waals surface area contributed by atoms with Crippen molar-refractivity contribution in [3.63, 3.8) is 0 Å². The maximum Gasteiger partial charge on any atom is 0.226 e. The fourth-order valence-electron chi connectivity index (χ4n) is 4.14. The molecule has 0 radical (unpaired) electrons. The Kier molecular flexibility index (Phi) is 4.49. The van der Waals surface area contributed by atoms with Gasteiger partial charge < -0.3 is 13.7 Å². The Bertz CT molecular complexity index is 1080. The molecular weight excluding hydrogens is 348 g/mol. The van der Waals surface area contributed by atoms with E-state index in [1.807, 2.05) is 42.5 Å². The molecule has 0 N–H and O–H groups in total. The van der Waals surface area contributed by atoms with E-state index in [1.165, 1.54) is 19.4 Å². The van der Waals surface area contributed by atoms with E-state index in [-0.39, 0.29) is 0 Å². The predicted octanol–water partition coefficient (Wildman–Crippen LogP) is 5.78. The van der Waals surface area contributed by atoms with Gasteiger partial charge in [-0.15, -0.1) is 0 Å². The summed E-state index contributed by atoms with van der Waals surface area (Å²) in [5.74, 6) is 2.44. The maximum absolute atomic E-state index is 6.13. The van der Waals surface area contributed by atoms with Crippen LogP contribution in [-0.4, -0.2) is 29.0 Å². The van der Waals surface area contributed by atoms with Crippen LogP contribution in [0.2, 0.25) is 0 Å². The van der Waals surface area contributed by atoms with Gasteiger partial charge in [-0.25, -0.2) is 4.98 Å². The summed E-state index contributed by atoms with van der Waals surface area (Å²) in [7, 11) is 0. The van der Waals surface area contributed by atoms with Crippen molar-refractivity contribution in [3.05, 3.63) is 66.6 Å². The molecule has 0 aliphatic carbocycles. The zero-order chi connectivity index (χ0) is 18.9. The average molecular weight is 372 g/mol. The van der Waals surface area contributed by atoms with Crippen LogP contribution >= 0.6 is 0 Å². The quantitative estimate of drug-likeness (QED) is 0.445. The number of oxazole rings is 1. The Labute approximate surface area is 164 Å². The lowest BCUT2D eigenvalue weighted by Gasteiger charge is -2.19. The van der Waals surface area contributed by atoms with E-state index in [0.717, 1.165) is 46.6 Å². The number of furan rings is 1. The molecule has 0 bridgehead atoms. The van der Waals surface area contributed by atoms with Gasteiger partial charge in [0.05, 0.1) is 6.20 Å². The Balaban J connectivity index is 1.42. The minimum atomic E-state index is 0.638. The number of rotatable bonds is 5. The van der Waals surface area contributed by atoms with Gasteiger partial charge in [-0.1, -0.05) is 30.3 Å². The molecule has 0 amide bonds. The summed E-state index contributed by atoms with van der Waals surface area (Å²) in [5, 5.41) is 1.09. The molecule has 2 aromatic carbocycles. The Morgan fingerprint density at radius 3 is 2.79 bits per heavy atom. The normalized spacial score (nSPS) is 17.5. The highest BCUT2D eigenvalue weighted by Gasteiger charge is 2.20. The summed E-state index contributed by atoms with van der Waals surface area (Å²) < 4.78 is 12.2. The average Bonchev–Trinajstić information content (AvgIpc) is 3.46. The number of hydrogen-bond acceptors (Lipinski definition) is 4. The lowest BCUT2D eigenvalue weighted by Crippen LogP contribution is -2.28. The van der Waals surface area contributed by atoms with Crippen LogP contribution in [0.5, 0.6) is 0 Å². The van der Waals surface area contributed by atoms with Crippen LogP contribution in [0.25, 0.3) is 33.7 Å². The van der Waals surface area contributed by atoms with E-state index in [9.17, 15) is 0 Å². The van der Waals surface area contributed by atoms with Crippen molar-refractivity contribution >= 4 is 11.0 Å². The van der Waals surface area contributed by atoms with Crippen LogP contribution in [0.3, 0.4) is 0 Å². The van der Waals surface area contributed by atoms with E-state index in [1.54, 1.807) is 6.20 Å². The number of nitrogens with zero attached hydrogens (tertiary/aromatic N) is 2. The highest BCUT2D eigenvalue weighted by atomic mass is 16.4. The van der Waals surface area contributed by atoms with Crippen molar-refractivity contribution in [2.24, 2.45) is 0 Å². The maximum atomic E-state index is 6.13. The molecule has 0 saturated carbocycles. The molecular formula is C24H24N2O2. The molecule has 142 valence electrons. The molecule has 4 heteroatoms. The minimum absolute atomic E-state index is 0.638. The third-order valence-corrected chi connectivity index (χ3v) is 5.74. The fourth-order valence-corrected chi connectivity index (χ4v) is 4.14. The SMILES string of the molecule is C[C@@H]1CCCN1CCc1cc2c(-c3cnc(-c4ccccc4)o3)cccc2o1. The molecule has 28 heavy (non-hydrogen) atoms. The lowest BCUT2D eigenvalue weighted by atomic mass is 10.1. The van der Waals surface area contributed by atoms with Gasteiger partial charge in [0.25, 0.3) is 0 Å². The third kappa shape index (κ3) is 3.25. The second-order valence-electron chi connectivity index (χ2n) is 7.60. The molecule has 1 saturated heterocycles. The first kappa shape index (κ1) is 17.3. The summed E-state index contributed by atoms with van der Waals surface area (Å²) in [4.78, 5) is 7.02. The zero-order valence-corrected chi connectivity index (χ0v) is 16.1. The van der Waals surface area contributed by atoms with Crippen LogP contribution in [-0.2, 0) is 6.42 Å². The molecule has 1 fully saturated rings. The minimum Gasteiger partial charge on any atom is -0.461 e. The molecule has 1 aliphatic rings. The molecule has 5 rings (SSSR count). The van der Waals surface area contributed by atoms with Gasteiger partial charge in [0.2, 0.25) is 5.89 Å². The standard InChI is InChI=1S/C24H24N2O2/c1-17-7-6-13-26(17)14-12-19-15-21-20(10-5-11-22(21)27-19)23-16-25-24(28-23)18-8-3-2-4-9-18/h2-5,8-11,15-17H,6-7,12-14H2,1H3/t17-/m1/s1. The van der Waals surface area contributed by atoms with Crippen LogP contribution in [0.4, 0.5) is 0 Å². The number of benzene rings is 2. The molecule has 0 spiro atoms. The number of likely N-dealkylation sites (tertiary alicyclic amines) is 1. The summed E-state index contributed by atoms with van der Waals surface area (Å²) in [6, 6.07) is 18.9. The van der Waals surface area contributed by atoms with Crippen molar-refractivity contribution in [2.75, 3.05) is 13.1 Å². The molecule has 4 aromatic rings. The molecule has 1 atom stereocenters. The van der Waals surface area contributed by atoms with E-state index in [0.29, 0.717) is 11.9 Å². The zero-order valence-electron chi connectivity index (χ0n) is 16.1. The fraction of sp³-hybridized carbons (Fsp3) is 0.292. The second-order valence-corrected chi connectivity index (χ2v) is 7.60. The summed E-state index contributed by atoms with van der Waals surface area (Å²) in [6.45, 7) is 4.57. The summed E-state index contributed by atoms with van der Waals surface area (Å²) >= 11 is 0. The van der Waals surface area contributed by atoms with Crippen molar-refractivity contribution in [1.29, 1.82) is 0 Å². The van der Waals surface area contributed by atoms with Gasteiger partial charge in [0.1, 0.15) is 11.3 Å². The van der Waals surface area contributed by atoms with Gasteiger partial charge in [0.15, 0.2) is 5.76 Å². The van der Waals surface area contributed by atoms with E-state index in [2.05, 4.69) is 28.9 Å².